The van der Waals surface area contributed by atoms with Crippen LogP contribution in [0.1, 0.15) is 53.4 Å². The molecule has 2 aliphatic rings. The maximum absolute atomic E-state index is 12.5. The lowest BCUT2D eigenvalue weighted by Gasteiger charge is -2.18. The number of amides is 1. The highest BCUT2D eigenvalue weighted by atomic mass is 19.1. The van der Waals surface area contributed by atoms with Gasteiger partial charge in [-0.25, -0.2) is 4.39 Å². The van der Waals surface area contributed by atoms with Gasteiger partial charge in [-0.2, -0.15) is 0 Å². The Labute approximate surface area is 206 Å². The molecule has 0 spiro atoms. The van der Waals surface area contributed by atoms with Crippen molar-refractivity contribution in [2.45, 2.75) is 65.5 Å². The number of rotatable bonds is 5. The number of aldehydes is 2. The van der Waals surface area contributed by atoms with E-state index >= 15 is 0 Å². The molecule has 1 aliphatic heterocycles. The monoisotopic (exact) mass is 477 g/mol. The van der Waals surface area contributed by atoms with Gasteiger partial charge in [0.2, 0.25) is 5.91 Å². The van der Waals surface area contributed by atoms with Crippen LogP contribution in [0.4, 0.5) is 10.1 Å². The van der Waals surface area contributed by atoms with Gasteiger partial charge < -0.3 is 20.2 Å². The van der Waals surface area contributed by atoms with E-state index in [9.17, 15) is 14.0 Å². The number of carbonyl (C=O) groups is 3. The lowest BCUT2D eigenvalue weighted by atomic mass is 10.2. The van der Waals surface area contributed by atoms with Gasteiger partial charge in [-0.05, 0) is 70.3 Å². The summed E-state index contributed by atoms with van der Waals surface area (Å²) in [6.45, 7) is 15.2. The van der Waals surface area contributed by atoms with E-state index < -0.39 is 0 Å². The van der Waals surface area contributed by atoms with Gasteiger partial charge >= 0.3 is 0 Å². The van der Waals surface area contributed by atoms with Crippen molar-refractivity contribution in [2.24, 2.45) is 5.92 Å². The van der Waals surface area contributed by atoms with Crippen molar-refractivity contribution in [2.75, 3.05) is 25.5 Å². The highest BCUT2D eigenvalue weighted by Crippen LogP contribution is 2.21. The van der Waals surface area contributed by atoms with Gasteiger partial charge in [-0.3, -0.25) is 9.69 Å². The predicted octanol–water partition coefficient (Wildman–Crippen LogP) is 4.71. The molecule has 34 heavy (non-hydrogen) atoms. The number of nitrogens with zero attached hydrogens (tertiary/aromatic N) is 1. The van der Waals surface area contributed by atoms with Crippen LogP contribution in [0.25, 0.3) is 0 Å². The van der Waals surface area contributed by atoms with E-state index in [1.54, 1.807) is 12.1 Å². The number of nitrogens with one attached hydrogen (secondary N) is 2. The molecule has 1 amide bonds. The van der Waals surface area contributed by atoms with Crippen LogP contribution in [0, 0.1) is 24.6 Å². The number of terminal acetylenes is 1. The van der Waals surface area contributed by atoms with Crippen LogP contribution < -0.4 is 10.6 Å². The molecule has 0 radical (unpaired) electrons. The molecule has 1 aliphatic carbocycles. The predicted molar refractivity (Wildman–Crippen MR) is 141 cm³/mol. The number of hydrogen-bond donors (Lipinski definition) is 2. The second-order valence-corrected chi connectivity index (χ2v) is 7.95. The first-order valence-electron chi connectivity index (χ1n) is 11.4. The molecule has 192 valence electrons. The molecule has 1 saturated carbocycles. The molecule has 7 heteroatoms. The molecule has 3 rings (SSSR count). The average Bonchev–Trinajstić information content (AvgIpc) is 3.52. The molecule has 2 fully saturated rings. The molecule has 1 heterocycles. The second-order valence-electron chi connectivity index (χ2n) is 7.95. The van der Waals surface area contributed by atoms with Crippen LogP contribution >= 0.6 is 0 Å². The fraction of sp³-hybridized carbons (Fsp3) is 0.519. The minimum absolute atomic E-state index is 0.158. The summed E-state index contributed by atoms with van der Waals surface area (Å²) >= 11 is 0. The third kappa shape index (κ3) is 22.2. The zero-order valence-electron chi connectivity index (χ0n) is 21.6. The summed E-state index contributed by atoms with van der Waals surface area (Å²) in [4.78, 5) is 32.4. The summed E-state index contributed by atoms with van der Waals surface area (Å²) in [6.07, 6.45) is 14.0. The third-order valence-electron chi connectivity index (χ3n) is 3.96. The van der Waals surface area contributed by atoms with Gasteiger partial charge in [0.1, 0.15) is 18.4 Å². The van der Waals surface area contributed by atoms with E-state index in [4.69, 9.17) is 4.79 Å². The van der Waals surface area contributed by atoms with Crippen LogP contribution in [0.2, 0.25) is 0 Å². The number of likely N-dealkylation sites (N-methyl/N-ethyl adjacent to an activating group) is 1. The minimum atomic E-state index is -0.305. The Morgan fingerprint density at radius 1 is 1.21 bits per heavy atom. The van der Waals surface area contributed by atoms with Gasteiger partial charge in [-0.15, -0.1) is 26.0 Å². The van der Waals surface area contributed by atoms with Crippen molar-refractivity contribution in [3.8, 4) is 12.8 Å². The first-order chi connectivity index (χ1) is 16.2. The SMILES string of the molecule is C#C.C=C.CC(C)C.CC=O.CN1CCC[C@H]1C(=O)NC1CC1.O=CCNc1cccc(F)c1. The lowest BCUT2D eigenvalue weighted by Crippen LogP contribution is -2.42. The fourth-order valence-corrected chi connectivity index (χ4v) is 2.52. The first kappa shape index (κ1) is 35.6. The zero-order valence-corrected chi connectivity index (χ0v) is 21.6. The molecule has 1 aromatic rings. The Morgan fingerprint density at radius 3 is 2.12 bits per heavy atom. The van der Waals surface area contributed by atoms with Crippen molar-refractivity contribution in [1.82, 2.24) is 10.2 Å². The minimum Gasteiger partial charge on any atom is -0.378 e. The summed E-state index contributed by atoms with van der Waals surface area (Å²) in [7, 11) is 2.03. The van der Waals surface area contributed by atoms with E-state index in [-0.39, 0.29) is 24.3 Å². The van der Waals surface area contributed by atoms with Crippen LogP contribution in [-0.2, 0) is 14.4 Å². The van der Waals surface area contributed by atoms with Crippen molar-refractivity contribution in [3.63, 3.8) is 0 Å². The Bertz CT molecular complexity index is 673. The summed E-state index contributed by atoms with van der Waals surface area (Å²) < 4.78 is 12.5. The Kier molecular flexibility index (Phi) is 25.8. The molecular weight excluding hydrogens is 433 g/mol. The topological polar surface area (TPSA) is 78.5 Å². The normalized spacial score (nSPS) is 15.4. The number of carbonyl (C=O) groups excluding carboxylic acids is 3. The number of anilines is 1. The molecule has 1 aromatic carbocycles. The van der Waals surface area contributed by atoms with E-state index in [1.807, 2.05) is 7.05 Å². The maximum Gasteiger partial charge on any atom is 0.237 e. The Morgan fingerprint density at radius 2 is 1.74 bits per heavy atom. The number of likely N-dealkylation sites (tertiary alicyclic amines) is 1. The summed E-state index contributed by atoms with van der Waals surface area (Å²) in [5, 5.41) is 5.77. The van der Waals surface area contributed by atoms with Gasteiger partial charge in [0.05, 0.1) is 12.6 Å². The van der Waals surface area contributed by atoms with Crippen molar-refractivity contribution in [1.29, 1.82) is 0 Å². The van der Waals surface area contributed by atoms with E-state index in [2.05, 4.69) is 62.3 Å². The number of hydrogen-bond acceptors (Lipinski definition) is 5. The van der Waals surface area contributed by atoms with Crippen LogP contribution in [0.3, 0.4) is 0 Å². The molecule has 0 bridgehead atoms. The van der Waals surface area contributed by atoms with E-state index in [0.717, 1.165) is 31.5 Å². The molecule has 1 saturated heterocycles. The van der Waals surface area contributed by atoms with Gasteiger partial charge in [0, 0.05) is 11.7 Å². The highest BCUT2D eigenvalue weighted by molar-refractivity contribution is 5.82. The quantitative estimate of drug-likeness (QED) is 0.365. The van der Waals surface area contributed by atoms with Gasteiger partial charge in [0.25, 0.3) is 0 Å². The second kappa shape index (κ2) is 24.7. The number of benzene rings is 1. The third-order valence-corrected chi connectivity index (χ3v) is 3.96. The molecule has 2 N–H and O–H groups in total. The van der Waals surface area contributed by atoms with Gasteiger partial charge in [-0.1, -0.05) is 26.8 Å². The Hall–Kier alpha value is -2.98. The Balaban J connectivity index is -0.000000402. The van der Waals surface area contributed by atoms with E-state index in [0.29, 0.717) is 11.7 Å². The van der Waals surface area contributed by atoms with Crippen LogP contribution in [0.5, 0.6) is 0 Å². The summed E-state index contributed by atoms with van der Waals surface area (Å²) in [5.41, 5.74) is 0.622. The molecule has 1 atom stereocenters. The number of halogens is 1. The van der Waals surface area contributed by atoms with Crippen LogP contribution in [-0.4, -0.2) is 55.6 Å². The lowest BCUT2D eigenvalue weighted by molar-refractivity contribution is -0.125. The average molecular weight is 478 g/mol. The molecular formula is C27H44FN3O3. The van der Waals surface area contributed by atoms with Crippen LogP contribution in [0.15, 0.2) is 37.4 Å². The van der Waals surface area contributed by atoms with Crippen molar-refractivity contribution in [3.05, 3.63) is 43.2 Å². The summed E-state index contributed by atoms with van der Waals surface area (Å²) in [5.74, 6) is 0.776. The zero-order chi connectivity index (χ0) is 26.9. The molecule has 0 aromatic heterocycles. The molecule has 0 unspecified atom stereocenters. The molecule has 6 nitrogen and oxygen atoms in total. The summed E-state index contributed by atoms with van der Waals surface area (Å²) in [6, 6.07) is 6.64. The fourth-order valence-electron chi connectivity index (χ4n) is 2.52. The highest BCUT2D eigenvalue weighted by Gasteiger charge is 2.31. The maximum atomic E-state index is 12.5. The van der Waals surface area contributed by atoms with Crippen molar-refractivity contribution >= 4 is 24.2 Å². The van der Waals surface area contributed by atoms with E-state index in [1.165, 1.54) is 38.3 Å². The standard InChI is InChI=1S/C9H16N2O.C8H8FNO.C4H10.C2H4O.C2H4.C2H2/c1-11-6-2-3-8(11)9(12)10-7-4-5-7;9-7-2-1-3-8(6-7)10-4-5-11;1-4(2)3;1-2-3;2*1-2/h7-8H,2-6H2,1H3,(H,10,12);1-3,5-6,10H,4H2;4H,1-3H3;2H,1H3;1-2H2;1-2H/t8-;;;;;/m0...../s1. The van der Waals surface area contributed by atoms with Crippen molar-refractivity contribution < 1.29 is 18.8 Å². The first-order valence-corrected chi connectivity index (χ1v) is 11.4. The largest absolute Gasteiger partial charge is 0.378 e. The van der Waals surface area contributed by atoms with Gasteiger partial charge in [0.15, 0.2) is 0 Å². The smallest absolute Gasteiger partial charge is 0.237 e.